The van der Waals surface area contributed by atoms with Crippen molar-refractivity contribution in [2.24, 2.45) is 5.92 Å². The lowest BCUT2D eigenvalue weighted by atomic mass is 9.96. The van der Waals surface area contributed by atoms with E-state index >= 15 is 0 Å². The molecule has 2 heterocycles. The van der Waals surface area contributed by atoms with Crippen LogP contribution in [-0.2, 0) is 22.4 Å². The van der Waals surface area contributed by atoms with Crippen molar-refractivity contribution in [3.8, 4) is 0 Å². The molecule has 0 saturated carbocycles. The van der Waals surface area contributed by atoms with E-state index < -0.39 is 5.97 Å². The molecule has 0 aliphatic carbocycles. The van der Waals surface area contributed by atoms with Crippen LogP contribution in [0.2, 0.25) is 0 Å². The highest BCUT2D eigenvalue weighted by Crippen LogP contribution is 2.24. The number of rotatable bonds is 8. The lowest BCUT2D eigenvalue weighted by Crippen LogP contribution is -2.27. The van der Waals surface area contributed by atoms with E-state index in [1.54, 1.807) is 6.20 Å². The van der Waals surface area contributed by atoms with Gasteiger partial charge in [-0.05, 0) is 53.8 Å². The lowest BCUT2D eigenvalue weighted by Gasteiger charge is -2.21. The summed E-state index contributed by atoms with van der Waals surface area (Å²) in [7, 11) is 0. The Morgan fingerprint density at radius 2 is 1.75 bits per heavy atom. The molecule has 166 valence electrons. The van der Waals surface area contributed by atoms with Gasteiger partial charge in [0.15, 0.2) is 0 Å². The first kappa shape index (κ1) is 22.0. The Kier molecular flexibility index (Phi) is 7.12. The van der Waals surface area contributed by atoms with Crippen molar-refractivity contribution >= 4 is 22.6 Å². The molecular formula is C26H28N2O4. The van der Waals surface area contributed by atoms with Crippen molar-refractivity contribution in [1.82, 2.24) is 10.3 Å². The number of nitrogens with zero attached hydrogens (tertiary/aromatic N) is 1. The maximum atomic E-state index is 12.5. The highest BCUT2D eigenvalue weighted by molar-refractivity contribution is 5.94. The Morgan fingerprint density at radius 1 is 1.03 bits per heavy atom. The molecule has 0 unspecified atom stereocenters. The molecule has 1 aromatic heterocycles. The normalized spacial score (nSPS) is 14.4. The molecule has 2 aromatic carbocycles. The Hall–Kier alpha value is -3.25. The molecule has 1 saturated heterocycles. The van der Waals surface area contributed by atoms with Gasteiger partial charge in [-0.2, -0.15) is 0 Å². The average molecular weight is 433 g/mol. The second kappa shape index (κ2) is 10.4. The quantitative estimate of drug-likeness (QED) is 0.562. The van der Waals surface area contributed by atoms with E-state index in [-0.39, 0.29) is 12.3 Å². The summed E-state index contributed by atoms with van der Waals surface area (Å²) in [5.74, 6) is -0.285. The molecule has 0 bridgehead atoms. The van der Waals surface area contributed by atoms with Crippen molar-refractivity contribution in [2.75, 3.05) is 19.8 Å². The molecule has 1 aliphatic rings. The summed E-state index contributed by atoms with van der Waals surface area (Å²) in [5.41, 5.74) is 3.30. The number of carboxylic acids is 1. The number of carbonyl (C=O) groups excluding carboxylic acids is 1. The van der Waals surface area contributed by atoms with E-state index in [0.717, 1.165) is 54.5 Å². The van der Waals surface area contributed by atoms with Gasteiger partial charge in [0.05, 0.1) is 12.1 Å². The molecule has 6 heteroatoms. The van der Waals surface area contributed by atoms with E-state index in [0.29, 0.717) is 30.0 Å². The molecule has 1 fully saturated rings. The average Bonchev–Trinajstić information content (AvgIpc) is 2.81. The molecule has 2 N–H and O–H groups in total. The van der Waals surface area contributed by atoms with Gasteiger partial charge >= 0.3 is 5.97 Å². The molecule has 0 atom stereocenters. The van der Waals surface area contributed by atoms with Gasteiger partial charge in [0.1, 0.15) is 0 Å². The molecule has 32 heavy (non-hydrogen) atoms. The molecule has 1 aliphatic heterocycles. The van der Waals surface area contributed by atoms with Crippen LogP contribution in [0.25, 0.3) is 10.8 Å². The fourth-order valence-electron chi connectivity index (χ4n) is 4.25. The summed E-state index contributed by atoms with van der Waals surface area (Å²) < 4.78 is 5.38. The van der Waals surface area contributed by atoms with E-state index in [2.05, 4.69) is 10.3 Å². The second-order valence-corrected chi connectivity index (χ2v) is 8.32. The largest absolute Gasteiger partial charge is 0.481 e. The number of nitrogens with one attached hydrogen (secondary N) is 1. The maximum absolute atomic E-state index is 12.5. The number of ether oxygens (including phenoxy) is 1. The number of aliphatic carboxylic acids is 1. The Balaban J connectivity index is 1.39. The Morgan fingerprint density at radius 3 is 2.47 bits per heavy atom. The van der Waals surface area contributed by atoms with E-state index in [1.807, 2.05) is 48.5 Å². The predicted molar refractivity (Wildman–Crippen MR) is 123 cm³/mol. The third kappa shape index (κ3) is 5.51. The standard InChI is InChI=1S/C26H28N2O4/c29-25(30)16-21-17-28-24(23-4-2-1-3-22(21)23)15-19-5-7-20(8-6-19)26(31)27-12-9-18-10-13-32-14-11-18/h1-8,17-18H,9-16H2,(H,27,31)(H,29,30). The first-order valence-corrected chi connectivity index (χ1v) is 11.1. The molecule has 0 spiro atoms. The first-order valence-electron chi connectivity index (χ1n) is 11.1. The zero-order valence-corrected chi connectivity index (χ0v) is 18.0. The third-order valence-corrected chi connectivity index (χ3v) is 6.07. The van der Waals surface area contributed by atoms with Crippen LogP contribution in [0.4, 0.5) is 0 Å². The van der Waals surface area contributed by atoms with Crippen LogP contribution in [0.1, 0.15) is 46.4 Å². The molecule has 3 aromatic rings. The number of amides is 1. The first-order chi connectivity index (χ1) is 15.6. The van der Waals surface area contributed by atoms with Crippen LogP contribution in [0, 0.1) is 5.92 Å². The van der Waals surface area contributed by atoms with Crippen LogP contribution in [0.3, 0.4) is 0 Å². The highest BCUT2D eigenvalue weighted by atomic mass is 16.5. The summed E-state index contributed by atoms with van der Waals surface area (Å²) in [4.78, 5) is 28.2. The van der Waals surface area contributed by atoms with Crippen LogP contribution >= 0.6 is 0 Å². The Bertz CT molecular complexity index is 1090. The second-order valence-electron chi connectivity index (χ2n) is 8.32. The fraction of sp³-hybridized carbons (Fsp3) is 0.346. The number of hydrogen-bond donors (Lipinski definition) is 2. The van der Waals surface area contributed by atoms with Gasteiger partial charge in [-0.3, -0.25) is 14.6 Å². The van der Waals surface area contributed by atoms with Gasteiger partial charge in [0.25, 0.3) is 5.91 Å². The lowest BCUT2D eigenvalue weighted by molar-refractivity contribution is -0.136. The summed E-state index contributed by atoms with van der Waals surface area (Å²) in [5, 5.41) is 14.1. The molecule has 6 nitrogen and oxygen atoms in total. The minimum atomic E-state index is -0.869. The van der Waals surface area contributed by atoms with Crippen LogP contribution in [-0.4, -0.2) is 41.7 Å². The Labute approximate surface area is 187 Å². The maximum Gasteiger partial charge on any atom is 0.307 e. The van der Waals surface area contributed by atoms with Crippen LogP contribution in [0.5, 0.6) is 0 Å². The van der Waals surface area contributed by atoms with Crippen molar-refractivity contribution in [1.29, 1.82) is 0 Å². The van der Waals surface area contributed by atoms with Crippen LogP contribution in [0.15, 0.2) is 54.7 Å². The van der Waals surface area contributed by atoms with Gasteiger partial charge in [-0.15, -0.1) is 0 Å². The molecule has 1 amide bonds. The van der Waals surface area contributed by atoms with Crippen LogP contribution < -0.4 is 5.32 Å². The number of carbonyl (C=O) groups is 2. The smallest absolute Gasteiger partial charge is 0.307 e. The van der Waals surface area contributed by atoms with Gasteiger partial charge < -0.3 is 15.2 Å². The molecule has 0 radical (unpaired) electrons. The number of pyridine rings is 1. The summed E-state index contributed by atoms with van der Waals surface area (Å²) >= 11 is 0. The summed E-state index contributed by atoms with van der Waals surface area (Å²) in [6, 6.07) is 15.4. The zero-order chi connectivity index (χ0) is 22.3. The third-order valence-electron chi connectivity index (χ3n) is 6.07. The number of aromatic nitrogens is 1. The van der Waals surface area contributed by atoms with Crippen molar-refractivity contribution < 1.29 is 19.4 Å². The van der Waals surface area contributed by atoms with Crippen molar-refractivity contribution in [3.63, 3.8) is 0 Å². The molecular weight excluding hydrogens is 404 g/mol. The zero-order valence-electron chi connectivity index (χ0n) is 18.0. The van der Waals surface area contributed by atoms with Gasteiger partial charge in [0, 0.05) is 43.3 Å². The molecule has 4 rings (SSSR count). The highest BCUT2D eigenvalue weighted by Gasteiger charge is 2.14. The van der Waals surface area contributed by atoms with Crippen molar-refractivity contribution in [3.05, 3.63) is 77.1 Å². The minimum Gasteiger partial charge on any atom is -0.481 e. The SMILES string of the molecule is O=C(O)Cc1cnc(Cc2ccc(C(=O)NCCC3CCOCC3)cc2)c2ccccc12. The topological polar surface area (TPSA) is 88.5 Å². The van der Waals surface area contributed by atoms with Gasteiger partial charge in [0.2, 0.25) is 0 Å². The van der Waals surface area contributed by atoms with Gasteiger partial charge in [-0.1, -0.05) is 36.4 Å². The number of hydrogen-bond acceptors (Lipinski definition) is 4. The number of fused-ring (bicyclic) bond motifs is 1. The number of benzene rings is 2. The summed E-state index contributed by atoms with van der Waals surface area (Å²) in [6.45, 7) is 2.34. The van der Waals surface area contributed by atoms with Gasteiger partial charge in [-0.25, -0.2) is 0 Å². The fourth-order valence-corrected chi connectivity index (χ4v) is 4.25. The van der Waals surface area contributed by atoms with Crippen molar-refractivity contribution in [2.45, 2.75) is 32.1 Å². The summed E-state index contributed by atoms with van der Waals surface area (Å²) in [6.07, 6.45) is 5.36. The van der Waals surface area contributed by atoms with E-state index in [9.17, 15) is 9.59 Å². The predicted octanol–water partition coefficient (Wildman–Crippen LogP) is 4.00. The van der Waals surface area contributed by atoms with E-state index in [4.69, 9.17) is 9.84 Å². The van der Waals surface area contributed by atoms with E-state index in [1.165, 1.54) is 0 Å². The monoisotopic (exact) mass is 432 g/mol. The minimum absolute atomic E-state index is 0.0495. The number of carboxylic acid groups (broad SMARTS) is 1.